The summed E-state index contributed by atoms with van der Waals surface area (Å²) in [5, 5.41) is 1.39. The summed E-state index contributed by atoms with van der Waals surface area (Å²) in [5.41, 5.74) is 6.06. The van der Waals surface area contributed by atoms with Crippen molar-refractivity contribution in [2.75, 3.05) is 5.01 Å². The van der Waals surface area contributed by atoms with Gasteiger partial charge in [-0.1, -0.05) is 18.2 Å². The molecule has 4 heteroatoms. The predicted octanol–water partition coefficient (Wildman–Crippen LogP) is 1.84. The van der Waals surface area contributed by atoms with E-state index in [0.717, 1.165) is 5.69 Å². The number of benzene rings is 1. The van der Waals surface area contributed by atoms with Crippen LogP contribution in [0, 0.1) is 0 Å². The zero-order valence-electron chi connectivity index (χ0n) is 8.08. The molecule has 2 amide bonds. The number of rotatable bonds is 2. The minimum absolute atomic E-state index is 0.516. The molecule has 1 aromatic carbocycles. The molecule has 0 bridgehead atoms. The molecule has 0 unspecified atom stereocenters. The highest BCUT2D eigenvalue weighted by molar-refractivity contribution is 5.90. The number of anilines is 1. The van der Waals surface area contributed by atoms with Crippen LogP contribution in [-0.4, -0.2) is 10.7 Å². The summed E-state index contributed by atoms with van der Waals surface area (Å²) in [4.78, 5) is 11.3. The van der Waals surface area contributed by atoms with Gasteiger partial charge < -0.3 is 5.73 Å². The van der Waals surface area contributed by atoms with Crippen LogP contribution < -0.4 is 10.7 Å². The Hall–Kier alpha value is -2.23. The fourth-order valence-electron chi connectivity index (χ4n) is 1.40. The number of nitrogens with zero attached hydrogens (tertiary/aromatic N) is 2. The SMILES string of the molecule is NC(=O)N(c1ccccc1)n1cccc1. The second-order valence-corrected chi connectivity index (χ2v) is 3.05. The van der Waals surface area contributed by atoms with Gasteiger partial charge in [-0.25, -0.2) is 4.79 Å². The molecule has 4 nitrogen and oxygen atoms in total. The third kappa shape index (κ3) is 1.83. The van der Waals surface area contributed by atoms with Gasteiger partial charge in [0.15, 0.2) is 0 Å². The smallest absolute Gasteiger partial charge is 0.338 e. The standard InChI is InChI=1S/C11H11N3O/c12-11(15)14(13-8-4-5-9-13)10-6-2-1-3-7-10/h1-9H,(H2,12,15). The number of nitrogens with two attached hydrogens (primary N) is 1. The zero-order valence-corrected chi connectivity index (χ0v) is 8.08. The highest BCUT2D eigenvalue weighted by atomic mass is 16.2. The Balaban J connectivity index is 2.42. The molecule has 0 saturated heterocycles. The van der Waals surface area contributed by atoms with Crippen LogP contribution in [0.5, 0.6) is 0 Å². The van der Waals surface area contributed by atoms with Gasteiger partial charge in [-0.05, 0) is 24.3 Å². The number of carbonyl (C=O) groups excluding carboxylic acids is 1. The van der Waals surface area contributed by atoms with Gasteiger partial charge in [0.25, 0.3) is 0 Å². The Morgan fingerprint density at radius 2 is 1.67 bits per heavy atom. The van der Waals surface area contributed by atoms with E-state index in [1.165, 1.54) is 5.01 Å². The third-order valence-electron chi connectivity index (χ3n) is 2.03. The first kappa shape index (κ1) is 9.33. The van der Waals surface area contributed by atoms with Crippen LogP contribution in [0.1, 0.15) is 0 Å². The van der Waals surface area contributed by atoms with Crippen molar-refractivity contribution >= 4 is 11.7 Å². The van der Waals surface area contributed by atoms with Crippen LogP contribution in [0.2, 0.25) is 0 Å². The molecule has 0 atom stereocenters. The van der Waals surface area contributed by atoms with Gasteiger partial charge in [0.05, 0.1) is 5.69 Å². The van der Waals surface area contributed by atoms with E-state index >= 15 is 0 Å². The van der Waals surface area contributed by atoms with Gasteiger partial charge in [0.1, 0.15) is 0 Å². The Morgan fingerprint density at radius 3 is 2.20 bits per heavy atom. The summed E-state index contributed by atoms with van der Waals surface area (Å²) in [6, 6.07) is 12.4. The summed E-state index contributed by atoms with van der Waals surface area (Å²) < 4.78 is 1.64. The summed E-state index contributed by atoms with van der Waals surface area (Å²) in [7, 11) is 0. The molecular formula is C11H11N3O. The second-order valence-electron chi connectivity index (χ2n) is 3.05. The van der Waals surface area contributed by atoms with Gasteiger partial charge in [-0.3, -0.25) is 4.68 Å². The maximum atomic E-state index is 11.3. The Bertz CT molecular complexity index is 436. The molecule has 0 spiro atoms. The summed E-state index contributed by atoms with van der Waals surface area (Å²) in [5.74, 6) is 0. The van der Waals surface area contributed by atoms with E-state index in [9.17, 15) is 4.79 Å². The minimum atomic E-state index is -0.516. The quantitative estimate of drug-likeness (QED) is 0.791. The highest BCUT2D eigenvalue weighted by Gasteiger charge is 2.12. The number of urea groups is 1. The molecular weight excluding hydrogens is 190 g/mol. The first-order valence-electron chi connectivity index (χ1n) is 4.57. The molecule has 2 N–H and O–H groups in total. The van der Waals surface area contributed by atoms with Crippen LogP contribution in [0.15, 0.2) is 54.9 Å². The monoisotopic (exact) mass is 201 g/mol. The number of primary amides is 1. The number of aromatic nitrogens is 1. The average Bonchev–Trinajstić information content (AvgIpc) is 2.72. The first-order valence-corrected chi connectivity index (χ1v) is 4.57. The van der Waals surface area contributed by atoms with Crippen LogP contribution in [-0.2, 0) is 0 Å². The van der Waals surface area contributed by atoms with Gasteiger partial charge in [-0.15, -0.1) is 0 Å². The Morgan fingerprint density at radius 1 is 1.07 bits per heavy atom. The third-order valence-corrected chi connectivity index (χ3v) is 2.03. The summed E-state index contributed by atoms with van der Waals surface area (Å²) in [6.45, 7) is 0. The van der Waals surface area contributed by atoms with Gasteiger partial charge in [0.2, 0.25) is 0 Å². The Labute approximate surface area is 87.5 Å². The van der Waals surface area contributed by atoms with Crippen LogP contribution in [0.3, 0.4) is 0 Å². The Kier molecular flexibility index (Phi) is 2.41. The van der Waals surface area contributed by atoms with Crippen molar-refractivity contribution in [1.29, 1.82) is 0 Å². The molecule has 0 aliphatic heterocycles. The van der Waals surface area contributed by atoms with Gasteiger partial charge in [-0.2, -0.15) is 5.01 Å². The van der Waals surface area contributed by atoms with Crippen molar-refractivity contribution in [3.8, 4) is 0 Å². The van der Waals surface area contributed by atoms with E-state index in [4.69, 9.17) is 5.73 Å². The highest BCUT2D eigenvalue weighted by Crippen LogP contribution is 2.13. The fourth-order valence-corrected chi connectivity index (χ4v) is 1.40. The molecule has 0 saturated carbocycles. The van der Waals surface area contributed by atoms with Gasteiger partial charge >= 0.3 is 6.03 Å². The molecule has 0 aliphatic carbocycles. The van der Waals surface area contributed by atoms with Crippen molar-refractivity contribution in [3.05, 3.63) is 54.9 Å². The van der Waals surface area contributed by atoms with E-state index < -0.39 is 6.03 Å². The molecule has 0 aliphatic rings. The lowest BCUT2D eigenvalue weighted by Crippen LogP contribution is -2.39. The lowest BCUT2D eigenvalue weighted by Gasteiger charge is -2.21. The molecule has 0 fully saturated rings. The molecule has 76 valence electrons. The topological polar surface area (TPSA) is 51.3 Å². The van der Waals surface area contributed by atoms with Crippen molar-refractivity contribution < 1.29 is 4.79 Å². The fraction of sp³-hybridized carbons (Fsp3) is 0. The van der Waals surface area contributed by atoms with E-state index in [0.29, 0.717) is 0 Å². The lowest BCUT2D eigenvalue weighted by atomic mass is 10.3. The molecule has 2 aromatic rings. The second kappa shape index (κ2) is 3.88. The van der Waals surface area contributed by atoms with E-state index in [1.54, 1.807) is 17.1 Å². The van der Waals surface area contributed by atoms with E-state index in [-0.39, 0.29) is 0 Å². The van der Waals surface area contributed by atoms with Crippen LogP contribution >= 0.6 is 0 Å². The van der Waals surface area contributed by atoms with E-state index in [2.05, 4.69) is 0 Å². The molecule has 2 rings (SSSR count). The summed E-state index contributed by atoms with van der Waals surface area (Å²) in [6.07, 6.45) is 3.52. The van der Waals surface area contributed by atoms with Gasteiger partial charge in [0, 0.05) is 12.4 Å². The van der Waals surface area contributed by atoms with Crippen LogP contribution in [0.25, 0.3) is 0 Å². The number of para-hydroxylation sites is 1. The van der Waals surface area contributed by atoms with Crippen molar-refractivity contribution in [2.24, 2.45) is 5.73 Å². The lowest BCUT2D eigenvalue weighted by molar-refractivity contribution is 0.252. The maximum absolute atomic E-state index is 11.3. The number of amides is 2. The molecule has 1 heterocycles. The first-order chi connectivity index (χ1) is 7.29. The number of hydrogen-bond donors (Lipinski definition) is 1. The van der Waals surface area contributed by atoms with Crippen molar-refractivity contribution in [1.82, 2.24) is 4.68 Å². The zero-order chi connectivity index (χ0) is 10.7. The van der Waals surface area contributed by atoms with Crippen molar-refractivity contribution in [2.45, 2.75) is 0 Å². The van der Waals surface area contributed by atoms with E-state index in [1.807, 2.05) is 42.5 Å². The minimum Gasteiger partial charge on any atom is -0.350 e. The largest absolute Gasteiger partial charge is 0.350 e. The number of hydrogen-bond acceptors (Lipinski definition) is 1. The average molecular weight is 201 g/mol. The predicted molar refractivity (Wildman–Crippen MR) is 58.3 cm³/mol. The van der Waals surface area contributed by atoms with Crippen molar-refractivity contribution in [3.63, 3.8) is 0 Å². The molecule has 1 aromatic heterocycles. The maximum Gasteiger partial charge on any atom is 0.338 e. The summed E-state index contributed by atoms with van der Waals surface area (Å²) >= 11 is 0. The normalized spacial score (nSPS) is 9.87. The van der Waals surface area contributed by atoms with Crippen LogP contribution in [0.4, 0.5) is 10.5 Å². The molecule has 15 heavy (non-hydrogen) atoms. The molecule has 0 radical (unpaired) electrons. The number of carbonyl (C=O) groups is 1.